The molecule has 2 fully saturated rings. The van der Waals surface area contributed by atoms with Crippen molar-refractivity contribution in [1.29, 1.82) is 0 Å². The van der Waals surface area contributed by atoms with Crippen molar-refractivity contribution in [2.24, 2.45) is 0 Å². The minimum absolute atomic E-state index is 0. The molecular formula is C53H82MgN2O16S. The van der Waals surface area contributed by atoms with Gasteiger partial charge in [0.1, 0.15) is 48.6 Å². The van der Waals surface area contributed by atoms with E-state index in [-0.39, 0.29) is 35.0 Å². The molecule has 408 valence electrons. The fourth-order valence-electron chi connectivity index (χ4n) is 8.70. The van der Waals surface area contributed by atoms with Gasteiger partial charge in [0.05, 0.1) is 30.7 Å². The van der Waals surface area contributed by atoms with Crippen LogP contribution in [-0.2, 0) is 47.9 Å². The van der Waals surface area contributed by atoms with Crippen LogP contribution < -0.4 is 0 Å². The van der Waals surface area contributed by atoms with Crippen molar-refractivity contribution in [3.8, 4) is 0 Å². The highest BCUT2D eigenvalue weighted by Crippen LogP contribution is 2.31. The van der Waals surface area contributed by atoms with Gasteiger partial charge in [0, 0.05) is 36.3 Å². The first-order valence-corrected chi connectivity index (χ1v) is 26.7. The van der Waals surface area contributed by atoms with Gasteiger partial charge in [0.25, 0.3) is 0 Å². The molecule has 73 heavy (non-hydrogen) atoms. The van der Waals surface area contributed by atoms with Gasteiger partial charge >= 0.3 is 41.0 Å². The maximum absolute atomic E-state index is 12.6. The van der Waals surface area contributed by atoms with Crippen LogP contribution in [0.15, 0.2) is 53.5 Å². The number of carbonyl (C=O) groups excluding carboxylic acids is 1. The van der Waals surface area contributed by atoms with Crippen LogP contribution in [0.1, 0.15) is 162 Å². The number of unbranched alkanes of at least 4 members (excludes halogenated alkanes) is 15. The standard InChI is InChI=1S/C30H56O12.C23H24N2O4S.Mg.2H/c1-2-3-4-5-6-7-8-9-10-11-12-13-14-15-16-17-22(33)41-28-24(35)23(34)20(18-31)40-30(28)42-27-21(19-32)39-29(38)26(37)25(27)36;1-2-3-6-21-24-14-19(12-18(23(28)29)13-20-5-4-11-30-20)25(21)15-16-7-9-17(10-8-16)22(26)27;;;/h20-21,23-32,34-38H,2-19H2,1H3;4-5,7-12,14H,2-3,6,13,15H2,1H3,(H,26,27)(H,28,29);;;/b;18-12+;;;/t20-,21-,23+,24+,25-,26-,27-,28-,29-,30+;;;;/m1..../s1. The molecule has 2 aliphatic rings. The van der Waals surface area contributed by atoms with Crippen LogP contribution in [0.4, 0.5) is 0 Å². The first-order valence-electron chi connectivity index (χ1n) is 25.8. The molecular weight excluding hydrogens is 977 g/mol. The van der Waals surface area contributed by atoms with Gasteiger partial charge in [-0.15, -0.1) is 11.3 Å². The molecule has 0 bridgehead atoms. The summed E-state index contributed by atoms with van der Waals surface area (Å²) in [6.07, 6.45) is 8.85. The molecule has 20 heteroatoms. The van der Waals surface area contributed by atoms with E-state index in [0.29, 0.717) is 25.0 Å². The molecule has 5 rings (SSSR count). The Morgan fingerprint density at radius 1 is 0.712 bits per heavy atom. The number of ether oxygens (including phenoxy) is 4. The smallest absolute Gasteiger partial charge is 0.335 e. The third-order valence-corrected chi connectivity index (χ3v) is 13.9. The Morgan fingerprint density at radius 2 is 1.29 bits per heavy atom. The normalized spacial score (nSPS) is 24.0. The van der Waals surface area contributed by atoms with Crippen LogP contribution in [-0.4, -0.2) is 171 Å². The third kappa shape index (κ3) is 21.3. The first-order chi connectivity index (χ1) is 34.7. The Bertz CT molecular complexity index is 2040. The Labute approximate surface area is 449 Å². The number of carboxylic acids is 2. The van der Waals surface area contributed by atoms with E-state index in [4.69, 9.17) is 24.1 Å². The molecule has 0 saturated carbocycles. The summed E-state index contributed by atoms with van der Waals surface area (Å²) < 4.78 is 23.7. The van der Waals surface area contributed by atoms with Crippen molar-refractivity contribution in [3.05, 3.63) is 81.1 Å². The highest BCUT2D eigenvalue weighted by Gasteiger charge is 2.52. The molecule has 3 aromatic rings. The van der Waals surface area contributed by atoms with Crippen molar-refractivity contribution in [2.45, 2.75) is 210 Å². The molecule has 10 atom stereocenters. The first kappa shape index (κ1) is 63.9. The molecule has 2 aromatic heterocycles. The number of thiophene rings is 1. The summed E-state index contributed by atoms with van der Waals surface area (Å²) in [6.45, 7) is 3.46. The van der Waals surface area contributed by atoms with E-state index in [1.807, 2.05) is 22.1 Å². The summed E-state index contributed by atoms with van der Waals surface area (Å²) in [7, 11) is 0. The molecule has 4 heterocycles. The molecule has 0 aliphatic carbocycles. The van der Waals surface area contributed by atoms with E-state index in [1.54, 1.807) is 36.5 Å². The monoisotopic (exact) mass is 1060 g/mol. The number of aliphatic hydroxyl groups excluding tert-OH is 7. The zero-order valence-corrected chi connectivity index (χ0v) is 42.7. The molecule has 2 saturated heterocycles. The number of aryl methyl sites for hydroxylation is 1. The van der Waals surface area contributed by atoms with E-state index < -0.39 is 92.5 Å². The van der Waals surface area contributed by atoms with Gasteiger partial charge in [0.2, 0.25) is 0 Å². The van der Waals surface area contributed by atoms with Crippen LogP contribution in [0.3, 0.4) is 0 Å². The van der Waals surface area contributed by atoms with Gasteiger partial charge in [-0.05, 0) is 48.1 Å². The van der Waals surface area contributed by atoms with Gasteiger partial charge in [-0.3, -0.25) is 4.79 Å². The highest BCUT2D eigenvalue weighted by molar-refractivity contribution is 7.09. The second-order valence-corrected chi connectivity index (χ2v) is 19.7. The number of rotatable bonds is 31. The van der Waals surface area contributed by atoms with Crippen LogP contribution in [0.25, 0.3) is 6.08 Å². The summed E-state index contributed by atoms with van der Waals surface area (Å²) >= 11 is 1.53. The third-order valence-electron chi connectivity index (χ3n) is 13.0. The maximum atomic E-state index is 12.6. The molecule has 0 unspecified atom stereocenters. The summed E-state index contributed by atoms with van der Waals surface area (Å²) in [5.74, 6) is -1.66. The molecule has 0 spiro atoms. The number of carbonyl (C=O) groups is 3. The Balaban J connectivity index is 0.000000400. The van der Waals surface area contributed by atoms with Crippen LogP contribution in [0, 0.1) is 0 Å². The molecule has 1 aromatic carbocycles. The predicted octanol–water partition coefficient (Wildman–Crippen LogP) is 5.24. The molecule has 0 radical (unpaired) electrons. The lowest BCUT2D eigenvalue weighted by atomic mass is 9.97. The molecule has 2 aliphatic heterocycles. The molecule has 9 N–H and O–H groups in total. The Hall–Kier alpha value is -3.35. The van der Waals surface area contributed by atoms with Crippen LogP contribution in [0.2, 0.25) is 0 Å². The summed E-state index contributed by atoms with van der Waals surface area (Å²) in [5, 5.41) is 91.0. The van der Waals surface area contributed by atoms with Crippen molar-refractivity contribution in [1.82, 2.24) is 9.55 Å². The number of aromatic carboxylic acids is 1. The summed E-state index contributed by atoms with van der Waals surface area (Å²) in [6, 6.07) is 10.6. The average molecular weight is 1060 g/mol. The van der Waals surface area contributed by atoms with Gasteiger partial charge in [0.15, 0.2) is 18.7 Å². The number of nitrogens with zero attached hydrogens (tertiary/aromatic N) is 2. The second-order valence-electron chi connectivity index (χ2n) is 18.7. The Kier molecular flexibility index (Phi) is 30.7. The van der Waals surface area contributed by atoms with E-state index in [1.165, 1.54) is 82.0 Å². The molecule has 18 nitrogen and oxygen atoms in total. The van der Waals surface area contributed by atoms with Crippen LogP contribution >= 0.6 is 11.3 Å². The number of aliphatic carboxylic acids is 1. The topological polar surface area (TPSA) is 288 Å². The minimum atomic E-state index is -1.77. The van der Waals surface area contributed by atoms with Crippen molar-refractivity contribution in [2.75, 3.05) is 13.2 Å². The average Bonchev–Trinajstić information content (AvgIpc) is 4.03. The summed E-state index contributed by atoms with van der Waals surface area (Å²) in [4.78, 5) is 41.1. The number of carboxylic acid groups (broad SMARTS) is 2. The quantitative estimate of drug-likeness (QED) is 0.0172. The number of esters is 1. The van der Waals surface area contributed by atoms with Gasteiger partial charge in [-0.2, -0.15) is 0 Å². The van der Waals surface area contributed by atoms with E-state index >= 15 is 0 Å². The number of hydrogen-bond acceptors (Lipinski definition) is 16. The van der Waals surface area contributed by atoms with Gasteiger partial charge in [-0.25, -0.2) is 14.6 Å². The number of imidazole rings is 1. The SMILES string of the molecule is CCCCCCCCCCCCCCCCCC(=O)O[C@H]1[C@H](O[C@H]2[C@H](O)[C@@H](O)[C@H](O)O[C@@H]2CO)O[C@H](CO)[C@H](O)[C@@H]1O.CCCCc1ncc(/C=C(\Cc2cccs2)C(=O)O)n1Cc1ccc(C(=O)O)cc1.[MgH2]. The number of benzene rings is 1. The zero-order valence-electron chi connectivity index (χ0n) is 41.9. The molecule has 0 amide bonds. The fourth-order valence-corrected chi connectivity index (χ4v) is 9.42. The van der Waals surface area contributed by atoms with Crippen LogP contribution in [0.5, 0.6) is 0 Å². The second kappa shape index (κ2) is 35.1. The van der Waals surface area contributed by atoms with Crippen molar-refractivity contribution in [3.63, 3.8) is 0 Å². The largest absolute Gasteiger partial charge is 0.478 e. The lowest BCUT2D eigenvalue weighted by molar-refractivity contribution is -0.355. The van der Waals surface area contributed by atoms with Gasteiger partial charge < -0.3 is 69.5 Å². The highest BCUT2D eigenvalue weighted by atomic mass is 32.1. The number of aliphatic hydroxyl groups is 7. The number of aromatic nitrogens is 2. The Morgan fingerprint density at radius 3 is 1.82 bits per heavy atom. The van der Waals surface area contributed by atoms with E-state index in [2.05, 4.69) is 18.8 Å². The zero-order chi connectivity index (χ0) is 52.4. The lowest BCUT2D eigenvalue weighted by Gasteiger charge is -2.46. The number of hydrogen-bond donors (Lipinski definition) is 9. The van der Waals surface area contributed by atoms with Crippen molar-refractivity contribution < 1.29 is 79.3 Å². The maximum Gasteiger partial charge on any atom is 0.335 e. The van der Waals surface area contributed by atoms with E-state index in [0.717, 1.165) is 60.5 Å². The minimum Gasteiger partial charge on any atom is -0.478 e. The van der Waals surface area contributed by atoms with E-state index in [9.17, 15) is 55.2 Å². The van der Waals surface area contributed by atoms with Gasteiger partial charge in [-0.1, -0.05) is 128 Å². The van der Waals surface area contributed by atoms with Crippen molar-refractivity contribution >= 4 is 58.4 Å². The lowest BCUT2D eigenvalue weighted by Crippen LogP contribution is -2.65. The summed E-state index contributed by atoms with van der Waals surface area (Å²) in [5.41, 5.74) is 2.21. The fraction of sp³-hybridized carbons (Fsp3) is 0.660. The predicted molar refractivity (Wildman–Crippen MR) is 278 cm³/mol.